The summed E-state index contributed by atoms with van der Waals surface area (Å²) in [5, 5.41) is 0. The number of carbonyl (C=O) groups is 3. The van der Waals surface area contributed by atoms with Gasteiger partial charge in [-0.05, 0) is 51.4 Å². The molecule has 0 spiro atoms. The van der Waals surface area contributed by atoms with Crippen LogP contribution in [0.1, 0.15) is 387 Å². The van der Waals surface area contributed by atoms with Crippen molar-refractivity contribution >= 4 is 17.9 Å². The minimum Gasteiger partial charge on any atom is -0.462 e. The summed E-state index contributed by atoms with van der Waals surface area (Å²) < 4.78 is 16.9. The van der Waals surface area contributed by atoms with Gasteiger partial charge in [0, 0.05) is 19.3 Å². The molecule has 0 aliphatic heterocycles. The summed E-state index contributed by atoms with van der Waals surface area (Å²) in [6.45, 7) is 6.68. The summed E-state index contributed by atoms with van der Waals surface area (Å²) in [6, 6.07) is 0. The lowest BCUT2D eigenvalue weighted by atomic mass is 10.0. The lowest BCUT2D eigenvalue weighted by Crippen LogP contribution is -2.30. The lowest BCUT2D eigenvalue weighted by Gasteiger charge is -2.18. The largest absolute Gasteiger partial charge is 0.462 e. The normalized spacial score (nSPS) is 12.1. The Hall–Kier alpha value is -2.11. The van der Waals surface area contributed by atoms with Gasteiger partial charge in [-0.15, -0.1) is 0 Å². The third-order valence-corrected chi connectivity index (χ3v) is 15.7. The molecule has 0 rings (SSSR count). The summed E-state index contributed by atoms with van der Waals surface area (Å²) in [5.74, 6) is -0.837. The van der Waals surface area contributed by atoms with Gasteiger partial charge in [-0.3, -0.25) is 14.4 Å². The summed E-state index contributed by atoms with van der Waals surface area (Å²) >= 11 is 0. The second-order valence-electron chi connectivity index (χ2n) is 23.5. The molecule has 0 saturated carbocycles. The molecule has 6 heteroatoms. The van der Waals surface area contributed by atoms with Crippen LogP contribution < -0.4 is 0 Å². The van der Waals surface area contributed by atoms with Crippen molar-refractivity contribution < 1.29 is 28.6 Å². The molecule has 6 nitrogen and oxygen atoms in total. The molecule has 448 valence electrons. The Morgan fingerprint density at radius 2 is 0.474 bits per heavy atom. The van der Waals surface area contributed by atoms with Gasteiger partial charge in [0.05, 0.1) is 0 Å². The van der Waals surface area contributed by atoms with Crippen molar-refractivity contribution in [1.29, 1.82) is 0 Å². The fourth-order valence-corrected chi connectivity index (χ4v) is 10.5. The molecule has 0 saturated heterocycles. The van der Waals surface area contributed by atoms with Crippen LogP contribution in [-0.4, -0.2) is 37.2 Å². The molecule has 0 heterocycles. The van der Waals surface area contributed by atoms with Crippen LogP contribution in [0.4, 0.5) is 0 Å². The molecule has 0 aromatic heterocycles. The van der Waals surface area contributed by atoms with E-state index in [0.717, 1.165) is 64.2 Å². The van der Waals surface area contributed by atoms with Gasteiger partial charge in [-0.1, -0.05) is 340 Å². The van der Waals surface area contributed by atoms with Crippen LogP contribution in [0.5, 0.6) is 0 Å². The summed E-state index contributed by atoms with van der Waals surface area (Å²) in [7, 11) is 0. The fourth-order valence-electron chi connectivity index (χ4n) is 10.5. The molecule has 1 unspecified atom stereocenters. The Labute approximate surface area is 474 Å². The summed E-state index contributed by atoms with van der Waals surface area (Å²) in [5.41, 5.74) is 0. The molecule has 76 heavy (non-hydrogen) atoms. The SMILES string of the molecule is CCCCCCC/C=C\C/C=C\CCCCCCCCCCCCCCCCCCCCCCCCCC(=O)OCC(COC(=O)CCCCCCCCCCCCC)OC(=O)CCCCCCCCCCCCCC. The molecule has 0 bridgehead atoms. The van der Waals surface area contributed by atoms with E-state index in [1.165, 1.54) is 283 Å². The van der Waals surface area contributed by atoms with Crippen molar-refractivity contribution in [3.63, 3.8) is 0 Å². The number of ether oxygens (including phenoxy) is 3. The van der Waals surface area contributed by atoms with Gasteiger partial charge in [0.1, 0.15) is 13.2 Å². The van der Waals surface area contributed by atoms with Crippen LogP contribution in [0.25, 0.3) is 0 Å². The van der Waals surface area contributed by atoms with Gasteiger partial charge < -0.3 is 14.2 Å². The van der Waals surface area contributed by atoms with Crippen LogP contribution in [0, 0.1) is 0 Å². The van der Waals surface area contributed by atoms with E-state index in [9.17, 15) is 14.4 Å². The lowest BCUT2D eigenvalue weighted by molar-refractivity contribution is -0.167. The summed E-state index contributed by atoms with van der Waals surface area (Å²) in [6.07, 6.45) is 79.4. The maximum Gasteiger partial charge on any atom is 0.306 e. The first-order valence-corrected chi connectivity index (χ1v) is 34.3. The second-order valence-corrected chi connectivity index (χ2v) is 23.5. The average molecular weight is 1070 g/mol. The number of carbonyl (C=O) groups excluding carboxylic acids is 3. The van der Waals surface area contributed by atoms with E-state index in [1.54, 1.807) is 0 Å². The van der Waals surface area contributed by atoms with Crippen molar-refractivity contribution in [1.82, 2.24) is 0 Å². The second kappa shape index (κ2) is 65.4. The molecule has 0 amide bonds. The minimum atomic E-state index is -0.763. The topological polar surface area (TPSA) is 78.9 Å². The molecule has 0 aromatic rings. The smallest absolute Gasteiger partial charge is 0.306 e. The predicted molar refractivity (Wildman–Crippen MR) is 330 cm³/mol. The third-order valence-electron chi connectivity index (χ3n) is 15.7. The Balaban J connectivity index is 3.95. The van der Waals surface area contributed by atoms with Crippen LogP contribution in [0.2, 0.25) is 0 Å². The number of esters is 3. The van der Waals surface area contributed by atoms with E-state index in [2.05, 4.69) is 45.1 Å². The molecule has 0 fully saturated rings. The fraction of sp³-hybridized carbons (Fsp3) is 0.900. The zero-order valence-corrected chi connectivity index (χ0v) is 51.6. The van der Waals surface area contributed by atoms with E-state index in [1.807, 2.05) is 0 Å². The van der Waals surface area contributed by atoms with Gasteiger partial charge >= 0.3 is 17.9 Å². The monoisotopic (exact) mass is 1070 g/mol. The Morgan fingerprint density at radius 1 is 0.263 bits per heavy atom. The first-order chi connectivity index (χ1) is 37.5. The van der Waals surface area contributed by atoms with E-state index in [-0.39, 0.29) is 31.1 Å². The molecule has 0 radical (unpaired) electrons. The first kappa shape index (κ1) is 73.9. The van der Waals surface area contributed by atoms with E-state index >= 15 is 0 Å². The summed E-state index contributed by atoms with van der Waals surface area (Å²) in [4.78, 5) is 38.2. The zero-order valence-electron chi connectivity index (χ0n) is 51.6. The molecule has 0 aromatic carbocycles. The van der Waals surface area contributed by atoms with Gasteiger partial charge in [0.2, 0.25) is 0 Å². The van der Waals surface area contributed by atoms with Gasteiger partial charge in [0.25, 0.3) is 0 Å². The van der Waals surface area contributed by atoms with Crippen LogP contribution in [0.3, 0.4) is 0 Å². The highest BCUT2D eigenvalue weighted by Crippen LogP contribution is 2.18. The van der Waals surface area contributed by atoms with Gasteiger partial charge in [-0.25, -0.2) is 0 Å². The first-order valence-electron chi connectivity index (χ1n) is 34.3. The Morgan fingerprint density at radius 3 is 0.724 bits per heavy atom. The van der Waals surface area contributed by atoms with E-state index in [4.69, 9.17) is 14.2 Å². The Bertz CT molecular complexity index is 1230. The van der Waals surface area contributed by atoms with Crippen molar-refractivity contribution in [3.8, 4) is 0 Å². The molecule has 0 N–H and O–H groups in total. The highest BCUT2D eigenvalue weighted by Gasteiger charge is 2.19. The molecular weight excluding hydrogens is 937 g/mol. The zero-order chi connectivity index (χ0) is 55.0. The van der Waals surface area contributed by atoms with Crippen LogP contribution >= 0.6 is 0 Å². The van der Waals surface area contributed by atoms with Gasteiger partial charge in [0.15, 0.2) is 6.10 Å². The number of rotatable bonds is 64. The number of unbranched alkanes of at least 4 members (excludes halogenated alkanes) is 49. The highest BCUT2D eigenvalue weighted by atomic mass is 16.6. The number of hydrogen-bond donors (Lipinski definition) is 0. The van der Waals surface area contributed by atoms with Gasteiger partial charge in [-0.2, -0.15) is 0 Å². The van der Waals surface area contributed by atoms with Crippen LogP contribution in [-0.2, 0) is 28.6 Å². The number of allylic oxidation sites excluding steroid dienone is 4. The van der Waals surface area contributed by atoms with E-state index < -0.39 is 6.10 Å². The third kappa shape index (κ3) is 62.7. The maximum absolute atomic E-state index is 12.8. The van der Waals surface area contributed by atoms with Crippen molar-refractivity contribution in [2.24, 2.45) is 0 Å². The predicted octanol–water partition coefficient (Wildman–Crippen LogP) is 23.4. The van der Waals surface area contributed by atoms with Crippen molar-refractivity contribution in [2.75, 3.05) is 13.2 Å². The molecule has 0 aliphatic rings. The van der Waals surface area contributed by atoms with Crippen molar-refractivity contribution in [3.05, 3.63) is 24.3 Å². The average Bonchev–Trinajstić information content (AvgIpc) is 3.42. The van der Waals surface area contributed by atoms with E-state index in [0.29, 0.717) is 19.3 Å². The highest BCUT2D eigenvalue weighted by molar-refractivity contribution is 5.71. The van der Waals surface area contributed by atoms with Crippen molar-refractivity contribution in [2.45, 2.75) is 393 Å². The molecule has 0 aliphatic carbocycles. The quantitative estimate of drug-likeness (QED) is 0.0261. The number of hydrogen-bond acceptors (Lipinski definition) is 6. The standard InChI is InChI=1S/C70H132O6/c1-4-7-10-13-16-19-22-24-25-26-27-28-29-30-31-32-33-34-35-36-37-38-39-40-41-42-43-44-45-46-49-51-54-57-60-63-69(72)75-66-67(65-74-68(71)62-59-56-53-50-47-21-18-15-12-9-6-3)76-70(73)64-61-58-55-52-48-23-20-17-14-11-8-5-2/h22,24,26-27,67H,4-21,23,25,28-66H2,1-3H3/b24-22-,27-26-. The Kier molecular flexibility index (Phi) is 63.6. The maximum atomic E-state index is 12.8. The molecular formula is C70H132O6. The molecule has 1 atom stereocenters. The minimum absolute atomic E-state index is 0.0632. The van der Waals surface area contributed by atoms with Crippen LogP contribution in [0.15, 0.2) is 24.3 Å².